The minimum absolute atomic E-state index is 0.0595. The Bertz CT molecular complexity index is 1930. The van der Waals surface area contributed by atoms with Crippen LogP contribution in [0.4, 0.5) is 0 Å². The Morgan fingerprint density at radius 3 is 2.40 bits per heavy atom. The summed E-state index contributed by atoms with van der Waals surface area (Å²) in [7, 11) is 0. The Morgan fingerprint density at radius 2 is 1.66 bits per heavy atom. The maximum atomic E-state index is 14.1. The zero-order valence-corrected chi connectivity index (χ0v) is 32.3. The third kappa shape index (κ3) is 14.5. The number of aromatic amines is 1. The smallest absolute Gasteiger partial charge is 0.305 e. The Kier molecular flexibility index (Phi) is 17.0. The van der Waals surface area contributed by atoms with Gasteiger partial charge in [-0.1, -0.05) is 55.5 Å². The molecule has 312 valence electrons. The third-order valence-corrected chi connectivity index (χ3v) is 9.41. The summed E-state index contributed by atoms with van der Waals surface area (Å²) in [6.45, 7) is 2.20. The molecule has 1 saturated heterocycles. The number of carbonyl (C=O) groups excluding carboxylic acids is 6. The molecule has 4 unspecified atom stereocenters. The van der Waals surface area contributed by atoms with Gasteiger partial charge in [-0.2, -0.15) is 0 Å². The van der Waals surface area contributed by atoms with Gasteiger partial charge in [0, 0.05) is 56.1 Å². The number of fused-ring (bicyclic) bond motifs is 1. The van der Waals surface area contributed by atoms with E-state index in [2.05, 4.69) is 47.2 Å². The highest BCUT2D eigenvalue weighted by Crippen LogP contribution is 2.19. The molecule has 3 aromatic rings. The number of carbonyl (C=O) groups is 7. The number of aliphatic imine (C=N–C) groups is 1. The fourth-order valence-electron chi connectivity index (χ4n) is 6.27. The van der Waals surface area contributed by atoms with Crippen LogP contribution >= 0.6 is 0 Å². The van der Waals surface area contributed by atoms with E-state index >= 15 is 0 Å². The Labute approximate surface area is 335 Å². The Hall–Kier alpha value is -6.50. The van der Waals surface area contributed by atoms with E-state index in [0.29, 0.717) is 19.4 Å². The van der Waals surface area contributed by atoms with Gasteiger partial charge in [0.25, 0.3) is 0 Å². The highest BCUT2D eigenvalue weighted by molar-refractivity contribution is 5.97. The van der Waals surface area contributed by atoms with Crippen molar-refractivity contribution in [2.45, 2.75) is 76.2 Å². The van der Waals surface area contributed by atoms with E-state index in [1.165, 1.54) is 0 Å². The lowest BCUT2D eigenvalue weighted by atomic mass is 10.0. The standard InChI is InChI=1S/C39H53N11O8/c1-23-18-43-28(12-7-15-42-39(40)41)35(55)47-22-33(52)48-31(17-34(53)54)38(58)49-29(13-14-32(51)45-19-23)37(57)50-30(36(56)46-20-24-8-3-2-4-9-24)16-25-21-44-27-11-6-5-10-26(25)27/h2-6,8-11,21,23,28-31,43-44H,7,12-20,22H2,1H3,(H,45,51)(H,46,56)(H,47,55)(H,48,52)(H,49,58)(H,50,57)(H,53,54)(H4,40,41,42)/t23-,28?,29?,30?,31?/m0/s1. The monoisotopic (exact) mass is 803 g/mol. The van der Waals surface area contributed by atoms with Crippen LogP contribution in [-0.2, 0) is 46.5 Å². The summed E-state index contributed by atoms with van der Waals surface area (Å²) < 4.78 is 0. The first kappa shape index (κ1) is 44.2. The van der Waals surface area contributed by atoms with Gasteiger partial charge < -0.3 is 58.8 Å². The molecule has 58 heavy (non-hydrogen) atoms. The predicted octanol–water partition coefficient (Wildman–Crippen LogP) is -1.37. The highest BCUT2D eigenvalue weighted by atomic mass is 16.4. The number of nitrogens with two attached hydrogens (primary N) is 2. The minimum atomic E-state index is -1.67. The van der Waals surface area contributed by atoms with Crippen LogP contribution in [0.3, 0.4) is 0 Å². The van der Waals surface area contributed by atoms with Crippen LogP contribution < -0.4 is 48.7 Å². The lowest BCUT2D eigenvalue weighted by Gasteiger charge is -2.26. The van der Waals surface area contributed by atoms with Crippen molar-refractivity contribution in [1.29, 1.82) is 0 Å². The first-order valence-electron chi connectivity index (χ1n) is 19.1. The topological polar surface area (TPSA) is 304 Å². The molecular formula is C39H53N11O8. The second kappa shape index (κ2) is 22.3. The number of aromatic nitrogens is 1. The zero-order valence-electron chi connectivity index (χ0n) is 32.3. The summed E-state index contributed by atoms with van der Waals surface area (Å²) in [6, 6.07) is 11.6. The predicted molar refractivity (Wildman–Crippen MR) is 214 cm³/mol. The van der Waals surface area contributed by atoms with Gasteiger partial charge in [-0.15, -0.1) is 0 Å². The number of rotatable bonds is 13. The van der Waals surface area contributed by atoms with Crippen LogP contribution in [0.25, 0.3) is 10.9 Å². The van der Waals surface area contributed by atoms with Crippen LogP contribution in [0.15, 0.2) is 65.8 Å². The highest BCUT2D eigenvalue weighted by Gasteiger charge is 2.32. The van der Waals surface area contributed by atoms with Crippen molar-refractivity contribution in [2.75, 3.05) is 26.2 Å². The number of carboxylic acid groups (broad SMARTS) is 1. The van der Waals surface area contributed by atoms with Gasteiger partial charge in [-0.25, -0.2) is 0 Å². The average Bonchev–Trinajstić information content (AvgIpc) is 3.61. The second-order valence-corrected chi connectivity index (χ2v) is 14.2. The van der Waals surface area contributed by atoms with Gasteiger partial charge in [0.15, 0.2) is 5.96 Å². The largest absolute Gasteiger partial charge is 0.481 e. The van der Waals surface area contributed by atoms with Crippen LogP contribution in [0.2, 0.25) is 0 Å². The molecule has 1 fully saturated rings. The molecule has 0 saturated carbocycles. The molecule has 1 aliphatic rings. The molecule has 1 aliphatic heterocycles. The molecule has 5 atom stereocenters. The van der Waals surface area contributed by atoms with Gasteiger partial charge in [-0.05, 0) is 42.4 Å². The van der Waals surface area contributed by atoms with Gasteiger partial charge in [0.1, 0.15) is 18.1 Å². The van der Waals surface area contributed by atoms with Gasteiger partial charge in [0.2, 0.25) is 35.4 Å². The van der Waals surface area contributed by atoms with E-state index in [9.17, 15) is 38.7 Å². The summed E-state index contributed by atoms with van der Waals surface area (Å²) in [5.41, 5.74) is 13.2. The number of amides is 6. The average molecular weight is 804 g/mol. The van der Waals surface area contributed by atoms with Gasteiger partial charge in [0.05, 0.1) is 19.0 Å². The number of nitrogens with zero attached hydrogens (tertiary/aromatic N) is 1. The molecule has 4 rings (SSSR count). The lowest BCUT2D eigenvalue weighted by molar-refractivity contribution is -0.141. The maximum absolute atomic E-state index is 14.1. The summed E-state index contributed by atoms with van der Waals surface area (Å²) in [5.74, 6) is -5.89. The van der Waals surface area contributed by atoms with Crippen molar-refractivity contribution < 1.29 is 38.7 Å². The number of guanidine groups is 1. The quantitative estimate of drug-likeness (QED) is 0.0544. The molecule has 19 nitrogen and oxygen atoms in total. The molecule has 6 amide bonds. The van der Waals surface area contributed by atoms with Crippen molar-refractivity contribution in [3.8, 4) is 0 Å². The third-order valence-electron chi connectivity index (χ3n) is 9.41. The van der Waals surface area contributed by atoms with Crippen molar-refractivity contribution in [3.63, 3.8) is 0 Å². The number of carboxylic acids is 1. The molecule has 2 heterocycles. The maximum Gasteiger partial charge on any atom is 0.305 e. The van der Waals surface area contributed by atoms with Crippen LogP contribution in [0, 0.1) is 5.92 Å². The molecule has 13 N–H and O–H groups in total. The molecular weight excluding hydrogens is 750 g/mol. The summed E-state index contributed by atoms with van der Waals surface area (Å²) in [6.07, 6.45) is 1.19. The van der Waals surface area contributed by atoms with E-state index in [1.807, 2.05) is 61.5 Å². The molecule has 1 aromatic heterocycles. The minimum Gasteiger partial charge on any atom is -0.481 e. The van der Waals surface area contributed by atoms with Crippen molar-refractivity contribution in [1.82, 2.24) is 42.2 Å². The van der Waals surface area contributed by atoms with E-state index in [0.717, 1.165) is 22.0 Å². The van der Waals surface area contributed by atoms with E-state index in [-0.39, 0.29) is 50.8 Å². The molecule has 0 aliphatic carbocycles. The van der Waals surface area contributed by atoms with Gasteiger partial charge in [-0.3, -0.25) is 38.6 Å². The number of benzene rings is 2. The molecule has 0 bridgehead atoms. The first-order valence-corrected chi connectivity index (χ1v) is 19.1. The lowest BCUT2D eigenvalue weighted by Crippen LogP contribution is -2.58. The van der Waals surface area contributed by atoms with Crippen LogP contribution in [0.1, 0.15) is 50.2 Å². The van der Waals surface area contributed by atoms with Gasteiger partial charge >= 0.3 is 5.97 Å². The number of nitrogens with one attached hydrogen (secondary N) is 8. The number of hydrogen-bond donors (Lipinski definition) is 11. The van der Waals surface area contributed by atoms with Crippen molar-refractivity contribution in [3.05, 3.63) is 71.9 Å². The number of hydrogen-bond acceptors (Lipinski definition) is 9. The molecule has 19 heteroatoms. The molecule has 0 spiro atoms. The SMILES string of the molecule is C[C@@H]1CNC(=O)CCC(C(=O)NC(Cc2c[nH]c3ccccc23)C(=O)NCc2ccccc2)NC(=O)C(CC(=O)O)NC(=O)CNC(=O)C(CCCN=C(N)N)NC1. The molecule has 0 radical (unpaired) electrons. The van der Waals surface area contributed by atoms with Crippen molar-refractivity contribution in [2.24, 2.45) is 22.4 Å². The van der Waals surface area contributed by atoms with Crippen LogP contribution in [0.5, 0.6) is 0 Å². The summed E-state index contributed by atoms with van der Waals surface area (Å²) in [5, 5.41) is 29.3. The van der Waals surface area contributed by atoms with E-state index < -0.39 is 78.5 Å². The Balaban J connectivity index is 1.55. The second-order valence-electron chi connectivity index (χ2n) is 14.2. The van der Waals surface area contributed by atoms with E-state index in [4.69, 9.17) is 11.5 Å². The Morgan fingerprint density at radius 1 is 0.914 bits per heavy atom. The number of aliphatic carboxylic acids is 1. The summed E-state index contributed by atoms with van der Waals surface area (Å²) >= 11 is 0. The van der Waals surface area contributed by atoms with Crippen LogP contribution in [-0.4, -0.2) is 108 Å². The molecule has 2 aromatic carbocycles. The normalized spacial score (nSPS) is 20.5. The summed E-state index contributed by atoms with van der Waals surface area (Å²) in [4.78, 5) is 99.6. The fourth-order valence-corrected chi connectivity index (χ4v) is 6.27. The van der Waals surface area contributed by atoms with E-state index in [1.54, 1.807) is 6.20 Å². The number of para-hydroxylation sites is 1. The fraction of sp³-hybridized carbons (Fsp3) is 0.436. The first-order chi connectivity index (χ1) is 27.8. The van der Waals surface area contributed by atoms with Crippen molar-refractivity contribution >= 4 is 58.3 Å². The number of H-pyrrole nitrogens is 1. The zero-order chi connectivity index (χ0) is 42.0.